The van der Waals surface area contributed by atoms with Crippen LogP contribution in [0.15, 0.2) is 75.9 Å². The van der Waals surface area contributed by atoms with E-state index in [9.17, 15) is 14.4 Å². The molecule has 3 aliphatic heterocycles. The number of rotatable bonds is 8. The molecule has 0 bridgehead atoms. The lowest BCUT2D eigenvalue weighted by Crippen LogP contribution is -2.44. The molecule has 2 aromatic carbocycles. The van der Waals surface area contributed by atoms with Crippen molar-refractivity contribution in [1.82, 2.24) is 9.80 Å². The number of ether oxygens (including phenoxy) is 2. The molecule has 0 spiro atoms. The normalized spacial score (nSPS) is 20.1. The average Bonchev–Trinajstić information content (AvgIpc) is 3.38. The number of aliphatic imine (C=N–C) groups is 1. The first-order valence-electron chi connectivity index (χ1n) is 14.4. The van der Waals surface area contributed by atoms with Crippen LogP contribution < -0.4 is 0 Å². The molecule has 42 heavy (non-hydrogen) atoms. The van der Waals surface area contributed by atoms with E-state index in [0.29, 0.717) is 31.0 Å². The first-order chi connectivity index (χ1) is 20.3. The van der Waals surface area contributed by atoms with E-state index in [4.69, 9.17) is 14.5 Å². The molecule has 0 aliphatic carbocycles. The van der Waals surface area contributed by atoms with Gasteiger partial charge < -0.3 is 19.3 Å². The second kappa shape index (κ2) is 13.0. The summed E-state index contributed by atoms with van der Waals surface area (Å²) in [6.07, 6.45) is 1.61. The van der Waals surface area contributed by atoms with Crippen molar-refractivity contribution in [2.45, 2.75) is 59.6 Å². The van der Waals surface area contributed by atoms with Gasteiger partial charge in [-0.15, -0.1) is 0 Å². The highest BCUT2D eigenvalue weighted by molar-refractivity contribution is 8.16. The molecule has 0 radical (unpaired) electrons. The van der Waals surface area contributed by atoms with Crippen LogP contribution in [-0.4, -0.2) is 52.5 Å². The Hall–Kier alpha value is -3.85. The maximum absolute atomic E-state index is 13.8. The summed E-state index contributed by atoms with van der Waals surface area (Å²) in [7, 11) is 0. The molecule has 8 nitrogen and oxygen atoms in total. The van der Waals surface area contributed by atoms with Crippen LogP contribution in [0.2, 0.25) is 0 Å². The number of benzene rings is 2. The van der Waals surface area contributed by atoms with E-state index in [2.05, 4.69) is 18.2 Å². The van der Waals surface area contributed by atoms with Crippen LogP contribution in [0.3, 0.4) is 0 Å². The van der Waals surface area contributed by atoms with Gasteiger partial charge in [0.1, 0.15) is 6.61 Å². The Kier molecular flexibility index (Phi) is 9.16. The summed E-state index contributed by atoms with van der Waals surface area (Å²) in [6.45, 7) is 9.13. The maximum atomic E-state index is 13.8. The molecule has 1 saturated heterocycles. The van der Waals surface area contributed by atoms with Gasteiger partial charge in [-0.05, 0) is 62.6 Å². The molecular weight excluding hydrogens is 550 g/mol. The number of nitrogens with zero attached hydrogens (tertiary/aromatic N) is 3. The Balaban J connectivity index is 1.43. The number of hydrogen-bond acceptors (Lipinski definition) is 8. The Morgan fingerprint density at radius 1 is 1.05 bits per heavy atom. The summed E-state index contributed by atoms with van der Waals surface area (Å²) >= 11 is 1.45. The van der Waals surface area contributed by atoms with Gasteiger partial charge in [-0.1, -0.05) is 65.9 Å². The van der Waals surface area contributed by atoms with Crippen LogP contribution in [0.4, 0.5) is 0 Å². The van der Waals surface area contributed by atoms with E-state index >= 15 is 0 Å². The van der Waals surface area contributed by atoms with Gasteiger partial charge in [0, 0.05) is 18.8 Å². The predicted octanol–water partition coefficient (Wildman–Crippen LogP) is 5.81. The number of aryl methyl sites for hydroxylation is 2. The first-order valence-corrected chi connectivity index (χ1v) is 15.3. The highest BCUT2D eigenvalue weighted by Crippen LogP contribution is 2.46. The Labute approximate surface area is 251 Å². The molecule has 2 aromatic rings. The zero-order chi connectivity index (χ0) is 29.8. The number of allylic oxidation sites excluding steroid dienone is 1. The molecule has 3 aliphatic rings. The number of amides is 1. The topological polar surface area (TPSA) is 88.5 Å². The molecule has 5 rings (SSSR count). The van der Waals surface area contributed by atoms with Gasteiger partial charge in [-0.2, -0.15) is 0 Å². The number of hydrogen-bond donors (Lipinski definition) is 0. The van der Waals surface area contributed by atoms with Gasteiger partial charge in [0.15, 0.2) is 5.17 Å². The second-order valence-corrected chi connectivity index (χ2v) is 11.8. The summed E-state index contributed by atoms with van der Waals surface area (Å²) in [6, 6.07) is 15.3. The van der Waals surface area contributed by atoms with E-state index in [-0.39, 0.29) is 30.8 Å². The third-order valence-corrected chi connectivity index (χ3v) is 8.78. The minimum absolute atomic E-state index is 0.0590. The number of esters is 2. The van der Waals surface area contributed by atoms with Gasteiger partial charge >= 0.3 is 11.9 Å². The second-order valence-electron chi connectivity index (χ2n) is 10.9. The SMILES string of the molecule is CCOC(=O)[C@@H]1CCCN(C(=O)CC2=CSC3=NC(C)=C(C(=O)OCc4ccccc4)[C@@H](c4cc(C)ccc4C)N23)C1. The van der Waals surface area contributed by atoms with Gasteiger partial charge in [-0.3, -0.25) is 9.59 Å². The van der Waals surface area contributed by atoms with E-state index < -0.39 is 12.0 Å². The molecule has 1 amide bonds. The smallest absolute Gasteiger partial charge is 0.338 e. The lowest BCUT2D eigenvalue weighted by molar-refractivity contribution is -0.151. The Bertz CT molecular complexity index is 1470. The van der Waals surface area contributed by atoms with E-state index in [1.54, 1.807) is 11.8 Å². The van der Waals surface area contributed by atoms with Crippen LogP contribution in [0.5, 0.6) is 0 Å². The van der Waals surface area contributed by atoms with Crippen molar-refractivity contribution in [2.24, 2.45) is 10.9 Å². The minimum Gasteiger partial charge on any atom is -0.466 e. The maximum Gasteiger partial charge on any atom is 0.338 e. The average molecular weight is 588 g/mol. The number of likely N-dealkylation sites (tertiary alicyclic amines) is 1. The fraction of sp³-hybridized carbons (Fsp3) is 0.394. The zero-order valence-corrected chi connectivity index (χ0v) is 25.4. The fourth-order valence-corrected chi connectivity index (χ4v) is 6.67. The molecular formula is C33H37N3O5S. The molecule has 3 heterocycles. The zero-order valence-electron chi connectivity index (χ0n) is 24.6. The van der Waals surface area contributed by atoms with Gasteiger partial charge in [0.25, 0.3) is 0 Å². The van der Waals surface area contributed by atoms with Crippen molar-refractivity contribution in [3.05, 3.63) is 93.2 Å². The lowest BCUT2D eigenvalue weighted by Gasteiger charge is -2.38. The molecule has 0 N–H and O–H groups in total. The van der Waals surface area contributed by atoms with Crippen molar-refractivity contribution in [3.8, 4) is 0 Å². The number of fused-ring (bicyclic) bond motifs is 1. The van der Waals surface area contributed by atoms with Crippen molar-refractivity contribution in [2.75, 3.05) is 19.7 Å². The highest BCUT2D eigenvalue weighted by Gasteiger charge is 2.42. The monoisotopic (exact) mass is 587 g/mol. The summed E-state index contributed by atoms with van der Waals surface area (Å²) in [4.78, 5) is 48.3. The highest BCUT2D eigenvalue weighted by atomic mass is 32.2. The van der Waals surface area contributed by atoms with E-state index in [0.717, 1.165) is 46.0 Å². The summed E-state index contributed by atoms with van der Waals surface area (Å²) in [5, 5.41) is 2.68. The minimum atomic E-state index is -0.497. The van der Waals surface area contributed by atoms with Crippen LogP contribution >= 0.6 is 11.8 Å². The van der Waals surface area contributed by atoms with Crippen molar-refractivity contribution in [1.29, 1.82) is 0 Å². The van der Waals surface area contributed by atoms with Crippen LogP contribution in [0, 0.1) is 19.8 Å². The number of thioether (sulfide) groups is 1. The lowest BCUT2D eigenvalue weighted by atomic mass is 9.90. The van der Waals surface area contributed by atoms with E-state index in [1.165, 1.54) is 11.8 Å². The summed E-state index contributed by atoms with van der Waals surface area (Å²) in [5.74, 6) is -1.04. The van der Waals surface area contributed by atoms with Gasteiger partial charge in [-0.25, -0.2) is 9.79 Å². The summed E-state index contributed by atoms with van der Waals surface area (Å²) < 4.78 is 11.1. The van der Waals surface area contributed by atoms with Gasteiger partial charge in [0.2, 0.25) is 5.91 Å². The number of carbonyl (C=O) groups excluding carboxylic acids is 3. The number of carbonyl (C=O) groups is 3. The largest absolute Gasteiger partial charge is 0.466 e. The predicted molar refractivity (Wildman–Crippen MR) is 163 cm³/mol. The fourth-order valence-electron chi connectivity index (χ4n) is 5.70. The third-order valence-electron chi connectivity index (χ3n) is 7.89. The number of amidine groups is 1. The van der Waals surface area contributed by atoms with Crippen molar-refractivity contribution < 1.29 is 23.9 Å². The number of piperidine rings is 1. The quantitative estimate of drug-likeness (QED) is 0.360. The summed E-state index contributed by atoms with van der Waals surface area (Å²) in [5.41, 5.74) is 5.81. The standard InChI is InChI=1S/C33H37N3O5S/c1-5-40-31(38)25-12-9-15-35(18-25)28(37)17-26-20-42-33-34-23(4)29(32(39)41-19-24-10-7-6-8-11-24)30(36(26)33)27-16-21(2)13-14-22(27)3/h6-8,10-11,13-14,16,20,25,30H,5,9,12,15,17-19H2,1-4H3/t25-,30-/m1/s1. The third kappa shape index (κ3) is 6.31. The molecule has 2 atom stereocenters. The van der Waals surface area contributed by atoms with Crippen LogP contribution in [0.25, 0.3) is 0 Å². The molecule has 220 valence electrons. The van der Waals surface area contributed by atoms with Crippen molar-refractivity contribution >= 4 is 34.8 Å². The van der Waals surface area contributed by atoms with Gasteiger partial charge in [0.05, 0.1) is 36.3 Å². The molecule has 0 saturated carbocycles. The Morgan fingerprint density at radius 3 is 2.60 bits per heavy atom. The van der Waals surface area contributed by atoms with Crippen molar-refractivity contribution in [3.63, 3.8) is 0 Å². The molecule has 0 unspecified atom stereocenters. The Morgan fingerprint density at radius 2 is 1.83 bits per heavy atom. The molecule has 0 aromatic heterocycles. The van der Waals surface area contributed by atoms with Crippen LogP contribution in [-0.2, 0) is 30.5 Å². The molecule has 9 heteroatoms. The van der Waals surface area contributed by atoms with E-state index in [1.807, 2.05) is 61.4 Å². The first kappa shape index (κ1) is 29.6. The van der Waals surface area contributed by atoms with Crippen LogP contribution in [0.1, 0.15) is 61.4 Å². The molecule has 1 fully saturated rings.